The van der Waals surface area contributed by atoms with Crippen molar-refractivity contribution in [3.05, 3.63) is 12.7 Å². The third-order valence-electron chi connectivity index (χ3n) is 5.72. The Morgan fingerprint density at radius 2 is 1.95 bits per heavy atom. The number of hydrogen-bond acceptors (Lipinski definition) is 3. The highest BCUT2D eigenvalue weighted by atomic mass is 16.5. The number of ether oxygens (including phenoxy) is 1. The maximum absolute atomic E-state index is 12.8. The van der Waals surface area contributed by atoms with Crippen LogP contribution in [-0.4, -0.2) is 47.8 Å². The molecule has 0 spiro atoms. The summed E-state index contributed by atoms with van der Waals surface area (Å²) in [4.78, 5) is 12.8. The summed E-state index contributed by atoms with van der Waals surface area (Å²) in [6.45, 7) is 10.0. The van der Waals surface area contributed by atoms with Crippen molar-refractivity contribution < 1.29 is 9.53 Å². The third-order valence-corrected chi connectivity index (χ3v) is 5.72. The highest BCUT2D eigenvalue weighted by Gasteiger charge is 2.46. The Morgan fingerprint density at radius 3 is 2.55 bits per heavy atom. The molecule has 126 valence electrons. The summed E-state index contributed by atoms with van der Waals surface area (Å²) in [6.07, 6.45) is 8.99. The standard InChI is InChI=1S/C18H32N2O2/c1-5-10-15-11-8-14-20(17(15)21)19-13-9-12-16(19)18(6-2,7-3)22-4/h5,15-16H,1,6-14H2,2-4H3/t15-,16-/m0/s1. The lowest BCUT2D eigenvalue weighted by Gasteiger charge is -2.47. The van der Waals surface area contributed by atoms with Crippen molar-refractivity contribution in [3.8, 4) is 0 Å². The minimum Gasteiger partial charge on any atom is -0.377 e. The van der Waals surface area contributed by atoms with E-state index < -0.39 is 0 Å². The first kappa shape index (κ1) is 17.5. The molecule has 2 rings (SSSR count). The van der Waals surface area contributed by atoms with Gasteiger partial charge in [0.05, 0.1) is 11.6 Å². The van der Waals surface area contributed by atoms with E-state index in [9.17, 15) is 4.79 Å². The van der Waals surface area contributed by atoms with Crippen LogP contribution in [0, 0.1) is 5.92 Å². The molecule has 4 heteroatoms. The maximum atomic E-state index is 12.8. The van der Waals surface area contributed by atoms with Crippen molar-refractivity contribution in [2.45, 2.75) is 70.4 Å². The Hall–Kier alpha value is -0.870. The first-order valence-corrected chi connectivity index (χ1v) is 8.87. The van der Waals surface area contributed by atoms with E-state index in [1.165, 1.54) is 0 Å². The zero-order valence-corrected chi connectivity index (χ0v) is 14.5. The second kappa shape index (κ2) is 7.60. The molecule has 2 aliphatic rings. The summed E-state index contributed by atoms with van der Waals surface area (Å²) in [5, 5.41) is 4.36. The second-order valence-corrected chi connectivity index (χ2v) is 6.62. The van der Waals surface area contributed by atoms with Crippen molar-refractivity contribution >= 4 is 5.91 Å². The van der Waals surface area contributed by atoms with Crippen LogP contribution in [0.15, 0.2) is 12.7 Å². The van der Waals surface area contributed by atoms with Crippen LogP contribution in [0.1, 0.15) is 58.8 Å². The Morgan fingerprint density at radius 1 is 1.27 bits per heavy atom. The molecular weight excluding hydrogens is 276 g/mol. The van der Waals surface area contributed by atoms with Crippen LogP contribution in [0.3, 0.4) is 0 Å². The lowest BCUT2D eigenvalue weighted by Crippen LogP contribution is -2.60. The van der Waals surface area contributed by atoms with E-state index in [0.717, 1.165) is 58.0 Å². The minimum absolute atomic E-state index is 0.118. The fraction of sp³-hybridized carbons (Fsp3) is 0.833. The molecule has 0 aromatic rings. The van der Waals surface area contributed by atoms with E-state index in [4.69, 9.17) is 4.74 Å². The molecule has 2 saturated heterocycles. The van der Waals surface area contributed by atoms with Gasteiger partial charge in [-0.05, 0) is 44.9 Å². The Kier molecular flexibility index (Phi) is 6.04. The molecule has 0 radical (unpaired) electrons. The summed E-state index contributed by atoms with van der Waals surface area (Å²) in [5.74, 6) is 0.406. The summed E-state index contributed by atoms with van der Waals surface area (Å²) >= 11 is 0. The molecule has 0 saturated carbocycles. The Balaban J connectivity index is 2.19. The van der Waals surface area contributed by atoms with E-state index in [1.807, 2.05) is 18.2 Å². The van der Waals surface area contributed by atoms with Crippen LogP contribution in [0.25, 0.3) is 0 Å². The number of allylic oxidation sites excluding steroid dienone is 1. The van der Waals surface area contributed by atoms with E-state index in [0.29, 0.717) is 6.04 Å². The molecule has 0 N–H and O–H groups in total. The molecule has 2 fully saturated rings. The van der Waals surface area contributed by atoms with Crippen LogP contribution < -0.4 is 0 Å². The second-order valence-electron chi connectivity index (χ2n) is 6.62. The van der Waals surface area contributed by atoms with Crippen molar-refractivity contribution in [1.29, 1.82) is 0 Å². The van der Waals surface area contributed by atoms with Crippen molar-refractivity contribution in [2.75, 3.05) is 20.2 Å². The zero-order valence-electron chi connectivity index (χ0n) is 14.5. The number of amides is 1. The molecule has 2 aliphatic heterocycles. The topological polar surface area (TPSA) is 32.8 Å². The molecule has 4 nitrogen and oxygen atoms in total. The number of carbonyl (C=O) groups is 1. The molecule has 0 unspecified atom stereocenters. The van der Waals surface area contributed by atoms with Crippen molar-refractivity contribution in [3.63, 3.8) is 0 Å². The Labute approximate surface area is 135 Å². The number of rotatable bonds is 7. The fourth-order valence-corrected chi connectivity index (χ4v) is 4.33. The lowest BCUT2D eigenvalue weighted by atomic mass is 9.86. The molecule has 0 bridgehead atoms. The van der Waals surface area contributed by atoms with Gasteiger partial charge in [0.15, 0.2) is 0 Å². The predicted molar refractivity (Wildman–Crippen MR) is 89.3 cm³/mol. The van der Waals surface area contributed by atoms with Gasteiger partial charge < -0.3 is 4.74 Å². The largest absolute Gasteiger partial charge is 0.377 e. The Bertz CT molecular complexity index is 384. The zero-order chi connectivity index (χ0) is 16.2. The average molecular weight is 308 g/mol. The lowest BCUT2D eigenvalue weighted by molar-refractivity contribution is -0.175. The summed E-state index contributed by atoms with van der Waals surface area (Å²) in [6, 6.07) is 0.318. The quantitative estimate of drug-likeness (QED) is 0.676. The van der Waals surface area contributed by atoms with Crippen LogP contribution in [0.2, 0.25) is 0 Å². The molecule has 1 amide bonds. The van der Waals surface area contributed by atoms with Crippen LogP contribution >= 0.6 is 0 Å². The maximum Gasteiger partial charge on any atom is 0.240 e. The first-order valence-electron chi connectivity index (χ1n) is 8.87. The van der Waals surface area contributed by atoms with Gasteiger partial charge in [0.1, 0.15) is 0 Å². The fourth-order valence-electron chi connectivity index (χ4n) is 4.33. The number of hydrogen-bond donors (Lipinski definition) is 0. The van der Waals surface area contributed by atoms with Crippen LogP contribution in [-0.2, 0) is 9.53 Å². The van der Waals surface area contributed by atoms with Gasteiger partial charge in [0.25, 0.3) is 0 Å². The van der Waals surface area contributed by atoms with Crippen LogP contribution in [0.4, 0.5) is 0 Å². The number of carbonyl (C=O) groups excluding carboxylic acids is 1. The van der Waals surface area contributed by atoms with E-state index in [-0.39, 0.29) is 17.4 Å². The van der Waals surface area contributed by atoms with Gasteiger partial charge in [-0.25, -0.2) is 5.01 Å². The highest BCUT2D eigenvalue weighted by molar-refractivity contribution is 5.79. The highest BCUT2D eigenvalue weighted by Crippen LogP contribution is 2.37. The number of hydrazine groups is 1. The molecule has 2 atom stereocenters. The van der Waals surface area contributed by atoms with Gasteiger partial charge in [-0.15, -0.1) is 6.58 Å². The molecule has 2 heterocycles. The molecular formula is C18H32N2O2. The van der Waals surface area contributed by atoms with Crippen molar-refractivity contribution in [2.24, 2.45) is 5.92 Å². The van der Waals surface area contributed by atoms with Gasteiger partial charge in [-0.2, -0.15) is 0 Å². The van der Waals surface area contributed by atoms with Gasteiger partial charge in [-0.3, -0.25) is 9.80 Å². The SMILES string of the molecule is C=CC[C@H]1CCCN(N2CCC[C@H]2C(CC)(CC)OC)C1=O. The monoisotopic (exact) mass is 308 g/mol. The van der Waals surface area contributed by atoms with Gasteiger partial charge in [-0.1, -0.05) is 19.9 Å². The summed E-state index contributed by atoms with van der Waals surface area (Å²) in [5.41, 5.74) is -0.137. The van der Waals surface area contributed by atoms with Gasteiger partial charge in [0.2, 0.25) is 5.91 Å². The average Bonchev–Trinajstić information content (AvgIpc) is 3.02. The summed E-state index contributed by atoms with van der Waals surface area (Å²) in [7, 11) is 1.82. The number of methoxy groups -OCH3 is 1. The van der Waals surface area contributed by atoms with E-state index in [1.54, 1.807) is 0 Å². The third kappa shape index (κ3) is 3.09. The van der Waals surface area contributed by atoms with Gasteiger partial charge in [0, 0.05) is 26.1 Å². The van der Waals surface area contributed by atoms with Crippen molar-refractivity contribution in [1.82, 2.24) is 10.0 Å². The molecule has 0 aliphatic carbocycles. The molecule has 22 heavy (non-hydrogen) atoms. The normalized spacial score (nSPS) is 27.4. The number of nitrogens with zero attached hydrogens (tertiary/aromatic N) is 2. The predicted octanol–water partition coefficient (Wildman–Crippen LogP) is 3.39. The number of piperidine rings is 1. The van der Waals surface area contributed by atoms with Gasteiger partial charge >= 0.3 is 0 Å². The molecule has 0 aromatic carbocycles. The summed E-state index contributed by atoms with van der Waals surface area (Å²) < 4.78 is 5.96. The van der Waals surface area contributed by atoms with E-state index in [2.05, 4.69) is 25.4 Å². The first-order chi connectivity index (χ1) is 10.6. The minimum atomic E-state index is -0.137. The molecule has 0 aromatic heterocycles. The van der Waals surface area contributed by atoms with Crippen LogP contribution in [0.5, 0.6) is 0 Å². The smallest absolute Gasteiger partial charge is 0.240 e. The van der Waals surface area contributed by atoms with E-state index >= 15 is 0 Å².